The minimum Gasteiger partial charge on any atom is -0.204 e. The first-order chi connectivity index (χ1) is 5.66. The standard InChI is InChI=1S/C6H2F3N3/c7-3-1-2-4(11-12-10)6(9)5(3)8/h1-2H. The molecule has 0 aliphatic carbocycles. The quantitative estimate of drug-likeness (QED) is 0.271. The van der Waals surface area contributed by atoms with Gasteiger partial charge >= 0.3 is 0 Å². The average Bonchev–Trinajstić information content (AvgIpc) is 2.07. The maximum absolute atomic E-state index is 12.6. The van der Waals surface area contributed by atoms with Gasteiger partial charge in [-0.3, -0.25) is 0 Å². The predicted octanol–water partition coefficient (Wildman–Crippen LogP) is 3.05. The van der Waals surface area contributed by atoms with Crippen LogP contribution in [0.3, 0.4) is 0 Å². The van der Waals surface area contributed by atoms with Crippen molar-refractivity contribution in [2.45, 2.75) is 0 Å². The van der Waals surface area contributed by atoms with E-state index < -0.39 is 23.1 Å². The molecule has 0 N–H and O–H groups in total. The second kappa shape index (κ2) is 3.15. The Hall–Kier alpha value is -1.68. The molecular weight excluding hydrogens is 171 g/mol. The van der Waals surface area contributed by atoms with Crippen molar-refractivity contribution in [3.05, 3.63) is 40.0 Å². The van der Waals surface area contributed by atoms with E-state index in [1.54, 1.807) is 0 Å². The normalized spacial score (nSPS) is 9.25. The Morgan fingerprint density at radius 1 is 1.17 bits per heavy atom. The minimum atomic E-state index is -1.64. The fraction of sp³-hybridized carbons (Fsp3) is 0. The SMILES string of the molecule is [N-]=[N+]=Nc1ccc(F)c(F)c1F. The lowest BCUT2D eigenvalue weighted by atomic mass is 10.3. The summed E-state index contributed by atoms with van der Waals surface area (Å²) < 4.78 is 37.2. The van der Waals surface area contributed by atoms with Gasteiger partial charge in [-0.25, -0.2) is 13.2 Å². The van der Waals surface area contributed by atoms with Gasteiger partial charge in [0, 0.05) is 4.91 Å². The van der Waals surface area contributed by atoms with Gasteiger partial charge in [-0.1, -0.05) is 5.11 Å². The first-order valence-corrected chi connectivity index (χ1v) is 2.85. The van der Waals surface area contributed by atoms with Gasteiger partial charge in [-0.2, -0.15) is 0 Å². The summed E-state index contributed by atoms with van der Waals surface area (Å²) >= 11 is 0. The van der Waals surface area contributed by atoms with Gasteiger partial charge < -0.3 is 0 Å². The van der Waals surface area contributed by atoms with Crippen molar-refractivity contribution in [2.75, 3.05) is 0 Å². The molecular formula is C6H2F3N3. The Morgan fingerprint density at radius 2 is 1.83 bits per heavy atom. The van der Waals surface area contributed by atoms with Crippen molar-refractivity contribution in [2.24, 2.45) is 5.11 Å². The van der Waals surface area contributed by atoms with E-state index in [0.717, 1.165) is 6.07 Å². The Balaban J connectivity index is 3.35. The summed E-state index contributed by atoms with van der Waals surface area (Å²) in [6.45, 7) is 0. The van der Waals surface area contributed by atoms with E-state index in [0.29, 0.717) is 6.07 Å². The predicted molar refractivity (Wildman–Crippen MR) is 35.1 cm³/mol. The molecule has 0 saturated heterocycles. The van der Waals surface area contributed by atoms with Crippen LogP contribution in [0.25, 0.3) is 10.4 Å². The summed E-state index contributed by atoms with van der Waals surface area (Å²) in [7, 11) is 0. The first kappa shape index (κ1) is 8.42. The number of halogens is 3. The molecule has 1 rings (SSSR count). The molecule has 0 atom stereocenters. The summed E-state index contributed by atoms with van der Waals surface area (Å²) in [6.07, 6.45) is 0. The number of hydrogen-bond donors (Lipinski definition) is 0. The molecule has 0 spiro atoms. The molecule has 12 heavy (non-hydrogen) atoms. The lowest BCUT2D eigenvalue weighted by molar-refractivity contribution is 0.448. The van der Waals surface area contributed by atoms with Crippen LogP contribution >= 0.6 is 0 Å². The van der Waals surface area contributed by atoms with Crippen molar-refractivity contribution in [1.29, 1.82) is 0 Å². The van der Waals surface area contributed by atoms with Gasteiger partial charge in [-0.05, 0) is 17.7 Å². The third kappa shape index (κ3) is 1.33. The fourth-order valence-electron chi connectivity index (χ4n) is 0.641. The summed E-state index contributed by atoms with van der Waals surface area (Å²) in [5.74, 6) is -4.43. The third-order valence-corrected chi connectivity index (χ3v) is 1.17. The van der Waals surface area contributed by atoms with Gasteiger partial charge in [-0.15, -0.1) is 0 Å². The zero-order valence-corrected chi connectivity index (χ0v) is 5.63. The summed E-state index contributed by atoms with van der Waals surface area (Å²) in [5.41, 5.74) is 7.32. The van der Waals surface area contributed by atoms with Crippen LogP contribution in [0.2, 0.25) is 0 Å². The number of azide groups is 1. The molecule has 0 aliphatic heterocycles. The molecule has 0 fully saturated rings. The highest BCUT2D eigenvalue weighted by Crippen LogP contribution is 2.21. The van der Waals surface area contributed by atoms with E-state index >= 15 is 0 Å². The Morgan fingerprint density at radius 3 is 2.42 bits per heavy atom. The van der Waals surface area contributed by atoms with Crippen molar-refractivity contribution >= 4 is 5.69 Å². The molecule has 0 saturated carbocycles. The van der Waals surface area contributed by atoms with Crippen LogP contribution in [0.15, 0.2) is 17.2 Å². The second-order valence-electron chi connectivity index (χ2n) is 1.88. The molecule has 1 aromatic carbocycles. The van der Waals surface area contributed by atoms with Crippen LogP contribution in [0.4, 0.5) is 18.9 Å². The molecule has 0 unspecified atom stereocenters. The third-order valence-electron chi connectivity index (χ3n) is 1.17. The molecule has 0 radical (unpaired) electrons. The van der Waals surface area contributed by atoms with E-state index in [2.05, 4.69) is 10.0 Å². The monoisotopic (exact) mass is 173 g/mol. The van der Waals surface area contributed by atoms with E-state index in [-0.39, 0.29) is 0 Å². The Labute approximate surface area is 65.1 Å². The van der Waals surface area contributed by atoms with Crippen LogP contribution in [0, 0.1) is 17.5 Å². The topological polar surface area (TPSA) is 48.8 Å². The summed E-state index contributed by atoms with van der Waals surface area (Å²) in [4.78, 5) is 2.23. The van der Waals surface area contributed by atoms with Crippen LogP contribution < -0.4 is 0 Å². The molecule has 62 valence electrons. The zero-order valence-electron chi connectivity index (χ0n) is 5.63. The number of benzene rings is 1. The van der Waals surface area contributed by atoms with Crippen molar-refractivity contribution < 1.29 is 13.2 Å². The second-order valence-corrected chi connectivity index (χ2v) is 1.88. The van der Waals surface area contributed by atoms with Crippen molar-refractivity contribution in [1.82, 2.24) is 0 Å². The van der Waals surface area contributed by atoms with Crippen molar-refractivity contribution in [3.63, 3.8) is 0 Å². The maximum Gasteiger partial charge on any atom is 0.194 e. The first-order valence-electron chi connectivity index (χ1n) is 2.85. The maximum atomic E-state index is 12.6. The molecule has 0 amide bonds. The van der Waals surface area contributed by atoms with Gasteiger partial charge in [0.25, 0.3) is 0 Å². The highest BCUT2D eigenvalue weighted by molar-refractivity contribution is 5.38. The van der Waals surface area contributed by atoms with E-state index in [9.17, 15) is 13.2 Å². The Bertz CT molecular complexity index is 357. The Kier molecular flexibility index (Phi) is 2.21. The molecule has 0 heterocycles. The van der Waals surface area contributed by atoms with E-state index in [1.165, 1.54) is 0 Å². The molecule has 3 nitrogen and oxygen atoms in total. The number of rotatable bonds is 1. The van der Waals surface area contributed by atoms with Gasteiger partial charge in [0.15, 0.2) is 17.5 Å². The minimum absolute atomic E-state index is 0.559. The molecule has 6 heteroatoms. The lowest BCUT2D eigenvalue weighted by Gasteiger charge is -1.96. The van der Waals surface area contributed by atoms with Gasteiger partial charge in [0.2, 0.25) is 0 Å². The molecule has 1 aromatic rings. The highest BCUT2D eigenvalue weighted by Gasteiger charge is 2.11. The van der Waals surface area contributed by atoms with Crippen LogP contribution in [-0.2, 0) is 0 Å². The van der Waals surface area contributed by atoms with Crippen molar-refractivity contribution in [3.8, 4) is 0 Å². The van der Waals surface area contributed by atoms with Crippen LogP contribution in [0.5, 0.6) is 0 Å². The van der Waals surface area contributed by atoms with Crippen LogP contribution in [-0.4, -0.2) is 0 Å². The summed E-state index contributed by atoms with van der Waals surface area (Å²) in [5, 5.41) is 2.81. The largest absolute Gasteiger partial charge is 0.204 e. The van der Waals surface area contributed by atoms with E-state index in [1.807, 2.05) is 0 Å². The molecule has 0 aliphatic rings. The van der Waals surface area contributed by atoms with Crippen LogP contribution in [0.1, 0.15) is 0 Å². The van der Waals surface area contributed by atoms with Gasteiger partial charge in [0.05, 0.1) is 5.69 Å². The molecule has 0 aromatic heterocycles. The highest BCUT2D eigenvalue weighted by atomic mass is 19.2. The van der Waals surface area contributed by atoms with Gasteiger partial charge in [0.1, 0.15) is 0 Å². The average molecular weight is 173 g/mol. The molecule has 0 bridgehead atoms. The summed E-state index contributed by atoms with van der Waals surface area (Å²) in [6, 6.07) is 1.54. The zero-order chi connectivity index (χ0) is 9.14. The fourth-order valence-corrected chi connectivity index (χ4v) is 0.641. The van der Waals surface area contributed by atoms with E-state index in [4.69, 9.17) is 5.53 Å². The number of hydrogen-bond acceptors (Lipinski definition) is 1. The lowest BCUT2D eigenvalue weighted by Crippen LogP contribution is -1.88. The number of nitrogens with zero attached hydrogens (tertiary/aromatic N) is 3. The smallest absolute Gasteiger partial charge is 0.194 e.